The molecule has 0 aliphatic rings. The summed E-state index contributed by atoms with van der Waals surface area (Å²) in [5.74, 6) is -0.962. The van der Waals surface area contributed by atoms with Gasteiger partial charge in [0, 0.05) is 24.2 Å². The summed E-state index contributed by atoms with van der Waals surface area (Å²) in [6, 6.07) is 3.82. The molecule has 5 nitrogen and oxygen atoms in total. The summed E-state index contributed by atoms with van der Waals surface area (Å²) in [5.41, 5.74) is 1.43. The van der Waals surface area contributed by atoms with Gasteiger partial charge < -0.3 is 5.11 Å². The molecule has 0 fully saturated rings. The highest BCUT2D eigenvalue weighted by atomic mass is 16.4. The zero-order valence-electron chi connectivity index (χ0n) is 11.1. The average Bonchev–Trinajstić information content (AvgIpc) is 2.86. The first-order valence-electron chi connectivity index (χ1n) is 6.40. The van der Waals surface area contributed by atoms with Crippen LogP contribution in [0, 0.1) is 0 Å². The Hall–Kier alpha value is -2.17. The van der Waals surface area contributed by atoms with E-state index in [9.17, 15) is 9.90 Å². The Morgan fingerprint density at radius 1 is 1.42 bits per heavy atom. The normalized spacial score (nSPS) is 10.9. The van der Waals surface area contributed by atoms with E-state index in [1.807, 2.05) is 6.07 Å². The zero-order chi connectivity index (χ0) is 13.8. The molecule has 2 aromatic heterocycles. The van der Waals surface area contributed by atoms with E-state index >= 15 is 0 Å². The molecule has 2 aromatic rings. The molecule has 0 amide bonds. The van der Waals surface area contributed by atoms with Crippen LogP contribution in [-0.4, -0.2) is 25.8 Å². The largest absolute Gasteiger partial charge is 0.478 e. The number of nitrogens with zero attached hydrogens (tertiary/aromatic N) is 3. The Kier molecular flexibility index (Phi) is 3.94. The lowest BCUT2D eigenvalue weighted by atomic mass is 10.1. The maximum atomic E-state index is 11.3. The van der Waals surface area contributed by atoms with Gasteiger partial charge >= 0.3 is 5.97 Å². The Bertz CT molecular complexity index is 559. The second-order valence-electron chi connectivity index (χ2n) is 4.39. The van der Waals surface area contributed by atoms with E-state index in [0.29, 0.717) is 5.69 Å². The van der Waals surface area contributed by atoms with Crippen LogP contribution >= 0.6 is 0 Å². The van der Waals surface area contributed by atoms with Crippen LogP contribution in [0.5, 0.6) is 0 Å². The van der Waals surface area contributed by atoms with E-state index < -0.39 is 5.97 Å². The highest BCUT2D eigenvalue weighted by Gasteiger charge is 2.19. The molecule has 1 N–H and O–H groups in total. The van der Waals surface area contributed by atoms with Gasteiger partial charge in [-0.2, -0.15) is 5.10 Å². The molecular weight excluding hydrogens is 242 g/mol. The topological polar surface area (TPSA) is 68.0 Å². The fraction of sp³-hybridized carbons (Fsp3) is 0.357. The van der Waals surface area contributed by atoms with Crippen molar-refractivity contribution in [2.75, 3.05) is 0 Å². The van der Waals surface area contributed by atoms with E-state index in [1.54, 1.807) is 29.3 Å². The van der Waals surface area contributed by atoms with E-state index in [2.05, 4.69) is 23.9 Å². The molecule has 0 atom stereocenters. The third-order valence-corrected chi connectivity index (χ3v) is 3.21. The summed E-state index contributed by atoms with van der Waals surface area (Å²) in [5, 5.41) is 13.7. The van der Waals surface area contributed by atoms with Crippen molar-refractivity contribution in [1.29, 1.82) is 0 Å². The number of aromatic carboxylic acids is 1. The van der Waals surface area contributed by atoms with Crippen LogP contribution in [0.25, 0.3) is 11.3 Å². The summed E-state index contributed by atoms with van der Waals surface area (Å²) in [7, 11) is 0. The van der Waals surface area contributed by atoms with Crippen molar-refractivity contribution in [3.05, 3.63) is 36.3 Å². The van der Waals surface area contributed by atoms with Crippen molar-refractivity contribution in [1.82, 2.24) is 14.8 Å². The van der Waals surface area contributed by atoms with Gasteiger partial charge in [0.2, 0.25) is 0 Å². The van der Waals surface area contributed by atoms with E-state index in [4.69, 9.17) is 0 Å². The number of hydrogen-bond donors (Lipinski definition) is 1. The van der Waals surface area contributed by atoms with Gasteiger partial charge in [-0.05, 0) is 25.0 Å². The predicted octanol–water partition coefficient (Wildman–Crippen LogP) is 3.00. The van der Waals surface area contributed by atoms with Gasteiger partial charge in [0.1, 0.15) is 11.3 Å². The molecule has 0 spiro atoms. The second-order valence-corrected chi connectivity index (χ2v) is 4.39. The zero-order valence-corrected chi connectivity index (χ0v) is 11.1. The molecule has 0 unspecified atom stereocenters. The van der Waals surface area contributed by atoms with Crippen LogP contribution < -0.4 is 0 Å². The standard InChI is InChI=1S/C14H17N3O2/c1-3-11(4-2)17-9-12(14(18)19)13(16-17)10-6-5-7-15-8-10/h5-9,11H,3-4H2,1-2H3,(H,18,19). The number of hydrogen-bond acceptors (Lipinski definition) is 3. The fourth-order valence-corrected chi connectivity index (χ4v) is 2.11. The van der Waals surface area contributed by atoms with Crippen LogP contribution in [0.1, 0.15) is 43.1 Å². The number of rotatable bonds is 5. The van der Waals surface area contributed by atoms with Gasteiger partial charge in [0.05, 0.1) is 6.04 Å². The molecule has 0 aliphatic carbocycles. The molecule has 0 aromatic carbocycles. The predicted molar refractivity (Wildman–Crippen MR) is 72.0 cm³/mol. The van der Waals surface area contributed by atoms with Crippen LogP contribution in [-0.2, 0) is 0 Å². The highest BCUT2D eigenvalue weighted by molar-refractivity contribution is 5.94. The summed E-state index contributed by atoms with van der Waals surface area (Å²) in [6.45, 7) is 4.14. The molecule has 0 saturated carbocycles. The first-order valence-corrected chi connectivity index (χ1v) is 6.40. The minimum absolute atomic E-state index is 0.222. The van der Waals surface area contributed by atoms with Crippen molar-refractivity contribution in [3.63, 3.8) is 0 Å². The maximum absolute atomic E-state index is 11.3. The van der Waals surface area contributed by atoms with E-state index in [0.717, 1.165) is 18.4 Å². The Labute approximate surface area is 111 Å². The molecule has 0 aliphatic heterocycles. The van der Waals surface area contributed by atoms with Gasteiger partial charge in [0.15, 0.2) is 0 Å². The van der Waals surface area contributed by atoms with Crippen molar-refractivity contribution in [3.8, 4) is 11.3 Å². The number of carboxylic acids is 1. The maximum Gasteiger partial charge on any atom is 0.339 e. The summed E-state index contributed by atoms with van der Waals surface area (Å²) < 4.78 is 1.76. The molecule has 2 heterocycles. The fourth-order valence-electron chi connectivity index (χ4n) is 2.11. The molecule has 19 heavy (non-hydrogen) atoms. The molecule has 0 saturated heterocycles. The smallest absolute Gasteiger partial charge is 0.339 e. The van der Waals surface area contributed by atoms with Gasteiger partial charge in [-0.3, -0.25) is 9.67 Å². The molecule has 0 bridgehead atoms. The first kappa shape index (κ1) is 13.3. The van der Waals surface area contributed by atoms with Crippen LogP contribution in [0.3, 0.4) is 0 Å². The lowest BCUT2D eigenvalue weighted by molar-refractivity contribution is 0.0697. The van der Waals surface area contributed by atoms with Crippen molar-refractivity contribution in [2.24, 2.45) is 0 Å². The quantitative estimate of drug-likeness (QED) is 0.896. The first-order chi connectivity index (χ1) is 9.17. The van der Waals surface area contributed by atoms with Crippen LogP contribution in [0.4, 0.5) is 0 Å². The number of pyridine rings is 1. The summed E-state index contributed by atoms with van der Waals surface area (Å²) >= 11 is 0. The second kappa shape index (κ2) is 5.65. The minimum Gasteiger partial charge on any atom is -0.478 e. The van der Waals surface area contributed by atoms with Gasteiger partial charge in [-0.15, -0.1) is 0 Å². The number of carboxylic acid groups (broad SMARTS) is 1. The third-order valence-electron chi connectivity index (χ3n) is 3.21. The van der Waals surface area contributed by atoms with Crippen LogP contribution in [0.2, 0.25) is 0 Å². The van der Waals surface area contributed by atoms with Crippen molar-refractivity contribution in [2.45, 2.75) is 32.7 Å². The van der Waals surface area contributed by atoms with Crippen molar-refractivity contribution >= 4 is 5.97 Å². The van der Waals surface area contributed by atoms with E-state index in [-0.39, 0.29) is 11.6 Å². The van der Waals surface area contributed by atoms with Gasteiger partial charge in [-0.25, -0.2) is 4.79 Å². The van der Waals surface area contributed by atoms with Crippen LogP contribution in [0.15, 0.2) is 30.7 Å². The van der Waals surface area contributed by atoms with E-state index in [1.165, 1.54) is 0 Å². The molecule has 100 valence electrons. The third kappa shape index (κ3) is 2.65. The van der Waals surface area contributed by atoms with Crippen molar-refractivity contribution < 1.29 is 9.90 Å². The Balaban J connectivity index is 2.51. The Morgan fingerprint density at radius 3 is 2.68 bits per heavy atom. The summed E-state index contributed by atoms with van der Waals surface area (Å²) in [4.78, 5) is 15.3. The SMILES string of the molecule is CCC(CC)n1cc(C(=O)O)c(-c2cccnc2)n1. The average molecular weight is 259 g/mol. The Morgan fingerprint density at radius 2 is 2.16 bits per heavy atom. The highest BCUT2D eigenvalue weighted by Crippen LogP contribution is 2.24. The molecule has 2 rings (SSSR count). The molecule has 0 radical (unpaired) electrons. The molecular formula is C14H17N3O2. The summed E-state index contributed by atoms with van der Waals surface area (Å²) in [6.07, 6.45) is 6.74. The number of carbonyl (C=O) groups is 1. The monoisotopic (exact) mass is 259 g/mol. The number of aromatic nitrogens is 3. The van der Waals surface area contributed by atoms with Gasteiger partial charge in [-0.1, -0.05) is 13.8 Å². The lowest BCUT2D eigenvalue weighted by Crippen LogP contribution is -2.07. The minimum atomic E-state index is -0.962. The lowest BCUT2D eigenvalue weighted by Gasteiger charge is -2.12. The van der Waals surface area contributed by atoms with Gasteiger partial charge in [0.25, 0.3) is 0 Å². The molecule has 5 heteroatoms.